The molecule has 2 heterocycles. The molecule has 2 aromatic heterocycles. The highest BCUT2D eigenvalue weighted by molar-refractivity contribution is 5.96. The maximum Gasteiger partial charge on any atom is 0.317 e. The van der Waals surface area contributed by atoms with Crippen LogP contribution in [0, 0.1) is 13.8 Å². The second-order valence-corrected chi connectivity index (χ2v) is 5.99. The summed E-state index contributed by atoms with van der Waals surface area (Å²) in [4.78, 5) is 30.0. The third-order valence-corrected chi connectivity index (χ3v) is 3.92. The number of amides is 2. The predicted molar refractivity (Wildman–Crippen MR) is 94.3 cm³/mol. The van der Waals surface area contributed by atoms with E-state index in [-0.39, 0.29) is 18.5 Å². The zero-order chi connectivity index (χ0) is 18.6. The van der Waals surface area contributed by atoms with Crippen LogP contribution in [-0.4, -0.2) is 52.2 Å². The third kappa shape index (κ3) is 4.21. The van der Waals surface area contributed by atoms with Crippen molar-refractivity contribution in [2.45, 2.75) is 26.8 Å². The maximum absolute atomic E-state index is 12.8. The zero-order valence-electron chi connectivity index (χ0n) is 15.0. The summed E-state index contributed by atoms with van der Waals surface area (Å²) < 4.78 is 1.40. The minimum absolute atomic E-state index is 0.219. The Bertz CT molecular complexity index is 781. The van der Waals surface area contributed by atoms with Gasteiger partial charge in [0.25, 0.3) is 5.91 Å². The molecule has 8 heteroatoms. The lowest BCUT2D eigenvalue weighted by Gasteiger charge is -2.12. The second-order valence-electron chi connectivity index (χ2n) is 5.99. The van der Waals surface area contributed by atoms with Crippen molar-refractivity contribution in [3.8, 4) is 0 Å². The largest absolute Gasteiger partial charge is 0.332 e. The molecule has 0 saturated heterocycles. The first-order valence-electron chi connectivity index (χ1n) is 8.05. The smallest absolute Gasteiger partial charge is 0.317 e. The molecule has 0 aromatic carbocycles. The number of nitrogens with one attached hydrogen (secondary N) is 1. The van der Waals surface area contributed by atoms with Crippen molar-refractivity contribution in [2.75, 3.05) is 20.6 Å². The van der Waals surface area contributed by atoms with Crippen LogP contribution in [0.15, 0.2) is 18.3 Å². The van der Waals surface area contributed by atoms with E-state index in [0.717, 1.165) is 17.0 Å². The summed E-state index contributed by atoms with van der Waals surface area (Å²) in [5.74, 6) is -0.230. The lowest BCUT2D eigenvalue weighted by Crippen LogP contribution is -2.34. The summed E-state index contributed by atoms with van der Waals surface area (Å²) in [7, 11) is 3.31. The van der Waals surface area contributed by atoms with E-state index in [9.17, 15) is 9.59 Å². The Morgan fingerprint density at radius 1 is 1.32 bits per heavy atom. The number of nitrogens with zero attached hydrogens (tertiary/aromatic N) is 4. The number of hydrogen-bond donors (Lipinski definition) is 2. The molecule has 0 spiro atoms. The monoisotopic (exact) mass is 344 g/mol. The molecule has 8 nitrogen and oxygen atoms in total. The molecular weight excluding hydrogens is 320 g/mol. The Balaban J connectivity index is 2.22. The van der Waals surface area contributed by atoms with E-state index in [1.54, 1.807) is 32.4 Å². The summed E-state index contributed by atoms with van der Waals surface area (Å²) in [5, 5.41) is 7.07. The number of aromatic nitrogens is 3. The van der Waals surface area contributed by atoms with E-state index in [2.05, 4.69) is 15.4 Å². The minimum Gasteiger partial charge on any atom is -0.332 e. The van der Waals surface area contributed by atoms with E-state index in [4.69, 9.17) is 5.73 Å². The highest BCUT2D eigenvalue weighted by Gasteiger charge is 2.18. The van der Waals surface area contributed by atoms with Gasteiger partial charge in [-0.3, -0.25) is 9.78 Å². The molecule has 134 valence electrons. The van der Waals surface area contributed by atoms with Gasteiger partial charge < -0.3 is 16.0 Å². The Kier molecular flexibility index (Phi) is 5.87. The molecule has 0 unspecified atom stereocenters. The van der Waals surface area contributed by atoms with Crippen molar-refractivity contribution >= 4 is 11.9 Å². The van der Waals surface area contributed by atoms with Crippen LogP contribution >= 0.6 is 0 Å². The molecule has 2 amide bonds. The molecule has 0 atom stereocenters. The van der Waals surface area contributed by atoms with Crippen LogP contribution in [0.3, 0.4) is 0 Å². The van der Waals surface area contributed by atoms with Crippen LogP contribution in [0.5, 0.6) is 0 Å². The number of carbonyl (C=O) groups is 2. The molecule has 3 N–H and O–H groups in total. The van der Waals surface area contributed by atoms with Crippen LogP contribution < -0.4 is 11.1 Å². The highest BCUT2D eigenvalue weighted by Crippen LogP contribution is 2.15. The standard InChI is InChI=1S/C17H24N6O2/c1-11-15(5-7-18)12(2)23(21-11)16(24)13-6-8-19-14(9-13)10-20-17(25)22(3)4/h6,8-9H,5,7,10,18H2,1-4H3,(H,20,25). The van der Waals surface area contributed by atoms with Crippen molar-refractivity contribution < 1.29 is 9.59 Å². The average molecular weight is 344 g/mol. The number of nitrogens with two attached hydrogens (primary N) is 1. The fourth-order valence-electron chi connectivity index (χ4n) is 2.53. The average Bonchev–Trinajstić information content (AvgIpc) is 2.87. The van der Waals surface area contributed by atoms with E-state index in [0.29, 0.717) is 24.2 Å². The Labute approximate surface area is 147 Å². The highest BCUT2D eigenvalue weighted by atomic mass is 16.2. The molecule has 25 heavy (non-hydrogen) atoms. The number of hydrogen-bond acceptors (Lipinski definition) is 5. The quantitative estimate of drug-likeness (QED) is 0.836. The molecule has 0 radical (unpaired) electrons. The van der Waals surface area contributed by atoms with E-state index < -0.39 is 0 Å². The fourth-order valence-corrected chi connectivity index (χ4v) is 2.53. The lowest BCUT2D eigenvalue weighted by atomic mass is 10.1. The summed E-state index contributed by atoms with van der Waals surface area (Å²) in [6.45, 7) is 4.49. The van der Waals surface area contributed by atoms with E-state index in [1.807, 2.05) is 13.8 Å². The van der Waals surface area contributed by atoms with Crippen LogP contribution in [0.2, 0.25) is 0 Å². The molecule has 2 aromatic rings. The number of pyridine rings is 1. The van der Waals surface area contributed by atoms with Gasteiger partial charge in [-0.2, -0.15) is 5.10 Å². The molecule has 0 saturated carbocycles. The molecule has 0 aliphatic heterocycles. The maximum atomic E-state index is 12.8. The molecule has 0 bridgehead atoms. The molecule has 0 aliphatic rings. The van der Waals surface area contributed by atoms with Crippen molar-refractivity contribution in [3.63, 3.8) is 0 Å². The van der Waals surface area contributed by atoms with Gasteiger partial charge in [0.05, 0.1) is 17.9 Å². The van der Waals surface area contributed by atoms with E-state index >= 15 is 0 Å². The van der Waals surface area contributed by atoms with Crippen LogP contribution in [0.25, 0.3) is 0 Å². The van der Waals surface area contributed by atoms with Crippen molar-refractivity contribution in [2.24, 2.45) is 5.73 Å². The van der Waals surface area contributed by atoms with Gasteiger partial charge in [-0.1, -0.05) is 0 Å². The topological polar surface area (TPSA) is 106 Å². The molecule has 2 rings (SSSR count). The SMILES string of the molecule is Cc1nn(C(=O)c2ccnc(CNC(=O)N(C)C)c2)c(C)c1CCN. The molecule has 0 fully saturated rings. The normalized spacial score (nSPS) is 10.6. The van der Waals surface area contributed by atoms with Gasteiger partial charge in [0.1, 0.15) is 0 Å². The first-order chi connectivity index (χ1) is 11.8. The molecule has 0 aliphatic carbocycles. The van der Waals surface area contributed by atoms with Crippen LogP contribution in [0.1, 0.15) is 33.0 Å². The Morgan fingerprint density at radius 2 is 2.04 bits per heavy atom. The van der Waals surface area contributed by atoms with Gasteiger partial charge in [0.15, 0.2) is 0 Å². The first-order valence-corrected chi connectivity index (χ1v) is 8.05. The summed E-state index contributed by atoms with van der Waals surface area (Å²) in [5.41, 5.74) is 9.30. The van der Waals surface area contributed by atoms with Crippen LogP contribution in [-0.2, 0) is 13.0 Å². The second kappa shape index (κ2) is 7.89. The summed E-state index contributed by atoms with van der Waals surface area (Å²) >= 11 is 0. The van der Waals surface area contributed by atoms with E-state index in [1.165, 1.54) is 9.58 Å². The lowest BCUT2D eigenvalue weighted by molar-refractivity contribution is 0.0942. The minimum atomic E-state index is -0.230. The van der Waals surface area contributed by atoms with Crippen molar-refractivity contribution in [3.05, 3.63) is 46.5 Å². The third-order valence-electron chi connectivity index (χ3n) is 3.92. The Morgan fingerprint density at radius 3 is 2.68 bits per heavy atom. The summed E-state index contributed by atoms with van der Waals surface area (Å²) in [6.07, 6.45) is 2.24. The van der Waals surface area contributed by atoms with Gasteiger partial charge in [-0.15, -0.1) is 0 Å². The summed E-state index contributed by atoms with van der Waals surface area (Å²) in [6, 6.07) is 3.08. The Hall–Kier alpha value is -2.74. The fraction of sp³-hybridized carbons (Fsp3) is 0.412. The van der Waals surface area contributed by atoms with Gasteiger partial charge in [0.2, 0.25) is 0 Å². The van der Waals surface area contributed by atoms with Gasteiger partial charge in [-0.25, -0.2) is 9.48 Å². The first kappa shape index (κ1) is 18.6. The van der Waals surface area contributed by atoms with Gasteiger partial charge in [-0.05, 0) is 44.5 Å². The number of rotatable bonds is 5. The number of carbonyl (C=O) groups excluding carboxylic acids is 2. The molecular formula is C17H24N6O2. The van der Waals surface area contributed by atoms with Crippen molar-refractivity contribution in [1.29, 1.82) is 0 Å². The van der Waals surface area contributed by atoms with Crippen molar-refractivity contribution in [1.82, 2.24) is 25.0 Å². The van der Waals surface area contributed by atoms with Gasteiger partial charge in [0, 0.05) is 31.5 Å². The number of aryl methyl sites for hydroxylation is 1. The van der Waals surface area contributed by atoms with Gasteiger partial charge >= 0.3 is 6.03 Å². The predicted octanol–water partition coefficient (Wildman–Crippen LogP) is 0.856. The number of urea groups is 1. The zero-order valence-corrected chi connectivity index (χ0v) is 15.0. The van der Waals surface area contributed by atoms with Crippen LogP contribution in [0.4, 0.5) is 4.79 Å².